The fraction of sp³-hybridized carbons (Fsp3) is 0.662. The third kappa shape index (κ3) is 47.1. The Kier molecular flexibility index (Phi) is 52.8. The molecular weight excluding hydrogens is 1040 g/mol. The lowest BCUT2D eigenvalue weighted by molar-refractivity contribution is -0.301. The van der Waals surface area contributed by atoms with E-state index < -0.39 is 67.3 Å². The zero-order valence-electron chi connectivity index (χ0n) is 51.9. The van der Waals surface area contributed by atoms with Crippen LogP contribution in [-0.2, 0) is 42.9 Å². The smallest absolute Gasteiger partial charge is 0.335 e. The number of carbonyl (C=O) groups is 4. The number of carboxylic acid groups (broad SMARTS) is 1. The molecule has 6 atom stereocenters. The Labute approximate surface area is 503 Å². The van der Waals surface area contributed by atoms with Crippen molar-refractivity contribution in [2.45, 2.75) is 289 Å². The summed E-state index contributed by atoms with van der Waals surface area (Å²) >= 11 is 0. The summed E-state index contributed by atoms with van der Waals surface area (Å²) in [7, 11) is 0. The van der Waals surface area contributed by atoms with Gasteiger partial charge in [-0.25, -0.2) is 4.79 Å². The number of carbonyl (C=O) groups excluding carboxylic acids is 3. The SMILES string of the molecule is CC/C=C\C/C=C\C/C=C\C/C=C\C/C=C\CCCC(=O)OC(COC(=O)CCCCCCCCCCC/C=C\CCCCCCCC)COC1OC(C(=O)O)C(O)C(O)C1OC(=O)CCCCCC/C=C\C/C=C\C/C=C\C/C=C\CC. The molecular formula is C71H114O12. The third-order valence-electron chi connectivity index (χ3n) is 14.0. The highest BCUT2D eigenvalue weighted by Gasteiger charge is 2.50. The molecule has 12 nitrogen and oxygen atoms in total. The van der Waals surface area contributed by atoms with Crippen LogP contribution in [0.2, 0.25) is 0 Å². The maximum absolute atomic E-state index is 13.2. The number of aliphatic hydroxyl groups excluding tert-OH is 2. The summed E-state index contributed by atoms with van der Waals surface area (Å²) in [5.74, 6) is -3.24. The highest BCUT2D eigenvalue weighted by atomic mass is 16.7. The third-order valence-corrected chi connectivity index (χ3v) is 14.0. The molecule has 12 heteroatoms. The van der Waals surface area contributed by atoms with Gasteiger partial charge >= 0.3 is 23.9 Å². The molecule has 1 saturated heterocycles. The number of carboxylic acids is 1. The first-order valence-electron chi connectivity index (χ1n) is 32.5. The molecule has 83 heavy (non-hydrogen) atoms. The van der Waals surface area contributed by atoms with Gasteiger partial charge in [-0.1, -0.05) is 232 Å². The molecule has 0 radical (unpaired) electrons. The average molecular weight is 1160 g/mol. The van der Waals surface area contributed by atoms with Crippen molar-refractivity contribution in [3.05, 3.63) is 122 Å². The first-order valence-corrected chi connectivity index (χ1v) is 32.5. The Bertz CT molecular complexity index is 1900. The van der Waals surface area contributed by atoms with Crippen molar-refractivity contribution in [2.24, 2.45) is 0 Å². The first kappa shape index (κ1) is 76.1. The van der Waals surface area contributed by atoms with Gasteiger partial charge in [-0.15, -0.1) is 0 Å². The fourth-order valence-corrected chi connectivity index (χ4v) is 9.10. The lowest BCUT2D eigenvalue weighted by Gasteiger charge is -2.40. The summed E-state index contributed by atoms with van der Waals surface area (Å²) in [6.07, 6.45) is 67.3. The van der Waals surface area contributed by atoms with Gasteiger partial charge in [0, 0.05) is 19.3 Å². The highest BCUT2D eigenvalue weighted by molar-refractivity contribution is 5.74. The minimum absolute atomic E-state index is 0.0197. The van der Waals surface area contributed by atoms with Gasteiger partial charge in [-0.3, -0.25) is 14.4 Å². The normalized spacial score (nSPS) is 18.4. The Morgan fingerprint density at radius 3 is 1.20 bits per heavy atom. The Balaban J connectivity index is 2.72. The predicted molar refractivity (Wildman–Crippen MR) is 340 cm³/mol. The van der Waals surface area contributed by atoms with Crippen LogP contribution in [0.3, 0.4) is 0 Å². The number of aliphatic carboxylic acids is 1. The molecule has 0 aromatic carbocycles. The van der Waals surface area contributed by atoms with E-state index in [1.54, 1.807) is 0 Å². The van der Waals surface area contributed by atoms with Crippen LogP contribution in [0.25, 0.3) is 0 Å². The largest absolute Gasteiger partial charge is 0.479 e. The van der Waals surface area contributed by atoms with Gasteiger partial charge in [0.25, 0.3) is 0 Å². The quantitative estimate of drug-likeness (QED) is 0.0228. The van der Waals surface area contributed by atoms with Crippen LogP contribution in [0, 0.1) is 0 Å². The minimum Gasteiger partial charge on any atom is -0.479 e. The topological polar surface area (TPSA) is 175 Å². The molecule has 0 aromatic heterocycles. The van der Waals surface area contributed by atoms with Crippen molar-refractivity contribution in [1.29, 1.82) is 0 Å². The zero-order valence-corrected chi connectivity index (χ0v) is 51.9. The molecule has 6 unspecified atom stereocenters. The van der Waals surface area contributed by atoms with E-state index in [2.05, 4.69) is 130 Å². The van der Waals surface area contributed by atoms with Crippen LogP contribution in [0.5, 0.6) is 0 Å². The second-order valence-electron chi connectivity index (χ2n) is 21.6. The molecule has 0 saturated carbocycles. The van der Waals surface area contributed by atoms with Crippen molar-refractivity contribution in [3.63, 3.8) is 0 Å². The van der Waals surface area contributed by atoms with Crippen molar-refractivity contribution in [1.82, 2.24) is 0 Å². The number of esters is 3. The Morgan fingerprint density at radius 2 is 0.771 bits per heavy atom. The van der Waals surface area contributed by atoms with Crippen LogP contribution < -0.4 is 0 Å². The summed E-state index contributed by atoms with van der Waals surface area (Å²) in [5, 5.41) is 31.6. The number of rotatable bonds is 54. The van der Waals surface area contributed by atoms with E-state index in [9.17, 15) is 34.5 Å². The molecule has 0 aromatic rings. The molecule has 1 heterocycles. The zero-order chi connectivity index (χ0) is 60.3. The summed E-state index contributed by atoms with van der Waals surface area (Å²) in [4.78, 5) is 51.3. The number of hydrogen-bond acceptors (Lipinski definition) is 11. The monoisotopic (exact) mass is 1160 g/mol. The number of aliphatic hydroxyl groups is 2. The van der Waals surface area contributed by atoms with Crippen molar-refractivity contribution < 1.29 is 58.2 Å². The van der Waals surface area contributed by atoms with Gasteiger partial charge < -0.3 is 39.0 Å². The Hall–Kier alpha value is -4.88. The predicted octanol–water partition coefficient (Wildman–Crippen LogP) is 17.6. The molecule has 1 aliphatic heterocycles. The number of ether oxygens (including phenoxy) is 5. The lowest BCUT2D eigenvalue weighted by Crippen LogP contribution is -2.61. The molecule has 1 aliphatic rings. The summed E-state index contributed by atoms with van der Waals surface area (Å²) in [5.41, 5.74) is 0. The fourth-order valence-electron chi connectivity index (χ4n) is 9.10. The van der Waals surface area contributed by atoms with E-state index in [1.807, 2.05) is 12.2 Å². The summed E-state index contributed by atoms with van der Waals surface area (Å²) < 4.78 is 28.4. The lowest BCUT2D eigenvalue weighted by atomic mass is 9.98. The number of allylic oxidation sites excluding steroid dienone is 20. The Morgan fingerprint density at radius 1 is 0.410 bits per heavy atom. The standard InChI is InChI=1S/C71H114O12/c1-4-7-10-13-16-19-22-25-28-31-32-35-36-39-42-45-48-51-54-57-63(72)79-60-62(81-64(73)58-55-52-49-46-43-40-37-33-29-26-23-20-17-14-11-8-5-2)61-80-71-69(67(76)66(75)68(83-71)70(77)78)82-65(74)59-56-53-50-47-44-41-38-34-30-27-24-21-18-15-12-9-6-3/h8-9,11-12,17-18,20-21,25-30,37-38,40-41,46,49,62,66-69,71,75-76H,4-7,10,13-16,19,22-24,31-36,39,42-45,47-48,50-61H2,1-3H3,(H,77,78)/b11-8-,12-9-,20-17-,21-18-,28-25-,29-26-,30-27-,40-37-,41-38-,49-46-. The number of unbranched alkanes of at least 4 members (excludes halogenated alkanes) is 20. The van der Waals surface area contributed by atoms with Gasteiger partial charge in [-0.05, 0) is 122 Å². The van der Waals surface area contributed by atoms with Crippen LogP contribution >= 0.6 is 0 Å². The molecule has 3 N–H and O–H groups in total. The first-order chi connectivity index (χ1) is 40.6. The van der Waals surface area contributed by atoms with Gasteiger partial charge in [0.05, 0.1) is 6.61 Å². The van der Waals surface area contributed by atoms with E-state index >= 15 is 0 Å². The van der Waals surface area contributed by atoms with Crippen LogP contribution in [0.15, 0.2) is 122 Å². The van der Waals surface area contributed by atoms with Gasteiger partial charge in [0.15, 0.2) is 24.6 Å². The van der Waals surface area contributed by atoms with E-state index in [0.29, 0.717) is 25.7 Å². The van der Waals surface area contributed by atoms with Crippen LogP contribution in [0.1, 0.15) is 252 Å². The maximum atomic E-state index is 13.2. The molecule has 0 spiro atoms. The van der Waals surface area contributed by atoms with Gasteiger partial charge in [0.1, 0.15) is 18.8 Å². The van der Waals surface area contributed by atoms with Crippen molar-refractivity contribution in [3.8, 4) is 0 Å². The minimum atomic E-state index is -1.93. The second kappa shape index (κ2) is 57.5. The maximum Gasteiger partial charge on any atom is 0.335 e. The molecule has 1 rings (SSSR count). The van der Waals surface area contributed by atoms with E-state index in [0.717, 1.165) is 103 Å². The molecule has 0 aliphatic carbocycles. The molecule has 1 fully saturated rings. The van der Waals surface area contributed by atoms with Crippen LogP contribution in [-0.4, -0.2) is 89.2 Å². The van der Waals surface area contributed by atoms with E-state index in [4.69, 9.17) is 23.7 Å². The van der Waals surface area contributed by atoms with E-state index in [1.165, 1.54) is 83.5 Å². The van der Waals surface area contributed by atoms with Crippen molar-refractivity contribution >= 4 is 23.9 Å². The number of hydrogen-bond donors (Lipinski definition) is 3. The van der Waals surface area contributed by atoms with E-state index in [-0.39, 0.29) is 25.9 Å². The van der Waals surface area contributed by atoms with Crippen molar-refractivity contribution in [2.75, 3.05) is 13.2 Å². The average Bonchev–Trinajstić information content (AvgIpc) is 3.59. The summed E-state index contributed by atoms with van der Waals surface area (Å²) in [6.45, 7) is 5.72. The molecule has 470 valence electrons. The molecule has 0 bridgehead atoms. The summed E-state index contributed by atoms with van der Waals surface area (Å²) in [6, 6.07) is 0. The van der Waals surface area contributed by atoms with Crippen LogP contribution in [0.4, 0.5) is 0 Å². The second-order valence-corrected chi connectivity index (χ2v) is 21.6. The van der Waals surface area contributed by atoms with Gasteiger partial charge in [0.2, 0.25) is 0 Å². The highest BCUT2D eigenvalue weighted by Crippen LogP contribution is 2.26. The molecule has 0 amide bonds. The van der Waals surface area contributed by atoms with Gasteiger partial charge in [-0.2, -0.15) is 0 Å².